The molecule has 6 rings (SSSR count). The Balaban J connectivity index is 1.14. The van der Waals surface area contributed by atoms with Crippen LogP contribution in [0.2, 0.25) is 0 Å². The number of ether oxygens (including phenoxy) is 2. The summed E-state index contributed by atoms with van der Waals surface area (Å²) < 4.78 is 11.7. The van der Waals surface area contributed by atoms with Gasteiger partial charge >= 0.3 is 5.97 Å². The van der Waals surface area contributed by atoms with Gasteiger partial charge in [0.15, 0.2) is 5.13 Å². The molecule has 1 spiro atoms. The number of carboxylic acid groups (broad SMARTS) is 1. The molecule has 1 N–H and O–H groups in total. The second kappa shape index (κ2) is 9.71. The third-order valence-corrected chi connectivity index (χ3v) is 8.85. The monoisotopic (exact) mass is 533 g/mol. The number of hydrogen-bond donors (Lipinski definition) is 1. The van der Waals surface area contributed by atoms with E-state index >= 15 is 0 Å². The normalized spacial score (nSPS) is 19.8. The number of carboxylic acids is 1. The lowest BCUT2D eigenvalue weighted by Crippen LogP contribution is -2.50. The molecule has 8 nitrogen and oxygen atoms in total. The van der Waals surface area contributed by atoms with Gasteiger partial charge in [-0.05, 0) is 55.7 Å². The Hall–Kier alpha value is -3.43. The van der Waals surface area contributed by atoms with Crippen molar-refractivity contribution in [1.82, 2.24) is 9.88 Å². The van der Waals surface area contributed by atoms with Gasteiger partial charge in [0.2, 0.25) is 0 Å². The third-order valence-electron chi connectivity index (χ3n) is 7.94. The van der Waals surface area contributed by atoms with Gasteiger partial charge in [-0.1, -0.05) is 17.7 Å². The van der Waals surface area contributed by atoms with Crippen molar-refractivity contribution >= 4 is 28.3 Å². The smallest absolute Gasteiger partial charge is 0.307 e. The summed E-state index contributed by atoms with van der Waals surface area (Å²) in [5, 5.41) is 12.3. The number of rotatable bonds is 7. The van der Waals surface area contributed by atoms with E-state index in [4.69, 9.17) is 14.5 Å². The van der Waals surface area contributed by atoms with Crippen LogP contribution in [0.1, 0.15) is 33.5 Å². The summed E-state index contributed by atoms with van der Waals surface area (Å²) in [6.45, 7) is 8.38. The topological polar surface area (TPSA) is 92.2 Å². The maximum absolute atomic E-state index is 12.8. The standard InChI is InChI=1S/C29H31N3O5S/c1-18-3-6-25(37-14-21-5-4-20(12-19(21)2)26(33)31-7-9-36-10-8-31)22(11-18)24-15-38-28(30-24)32-16-29(17-32)13-23(29)27(34)35/h3-6,11-12,15,23H,7-10,13-14,16-17H2,1-2H3,(H,34,35). The predicted octanol–water partition coefficient (Wildman–Crippen LogP) is 4.39. The lowest BCUT2D eigenvalue weighted by Gasteiger charge is -2.40. The summed E-state index contributed by atoms with van der Waals surface area (Å²) in [5.41, 5.74) is 5.60. The van der Waals surface area contributed by atoms with E-state index in [-0.39, 0.29) is 17.2 Å². The van der Waals surface area contributed by atoms with E-state index in [9.17, 15) is 14.7 Å². The average molecular weight is 534 g/mol. The number of carbonyl (C=O) groups excluding carboxylic acids is 1. The van der Waals surface area contributed by atoms with Gasteiger partial charge in [-0.25, -0.2) is 4.98 Å². The molecular formula is C29H31N3O5S. The van der Waals surface area contributed by atoms with E-state index < -0.39 is 5.97 Å². The highest BCUT2D eigenvalue weighted by Gasteiger charge is 2.65. The molecule has 1 aromatic heterocycles. The zero-order chi connectivity index (χ0) is 26.4. The van der Waals surface area contributed by atoms with Crippen molar-refractivity contribution in [3.05, 3.63) is 64.0 Å². The molecule has 1 atom stereocenters. The molecule has 0 bridgehead atoms. The van der Waals surface area contributed by atoms with Crippen LogP contribution in [0.15, 0.2) is 41.8 Å². The van der Waals surface area contributed by atoms with Crippen LogP contribution in [0.3, 0.4) is 0 Å². The van der Waals surface area contributed by atoms with Crippen LogP contribution in [-0.2, 0) is 16.1 Å². The maximum atomic E-state index is 12.8. The van der Waals surface area contributed by atoms with Gasteiger partial charge in [0.1, 0.15) is 12.4 Å². The second-order valence-electron chi connectivity index (χ2n) is 10.7. The van der Waals surface area contributed by atoms with Crippen molar-refractivity contribution < 1.29 is 24.2 Å². The first-order chi connectivity index (χ1) is 18.3. The molecule has 3 heterocycles. The molecule has 2 saturated heterocycles. The second-order valence-corrected chi connectivity index (χ2v) is 11.5. The van der Waals surface area contributed by atoms with Crippen LogP contribution in [0.25, 0.3) is 11.3 Å². The van der Waals surface area contributed by atoms with Gasteiger partial charge in [-0.2, -0.15) is 0 Å². The van der Waals surface area contributed by atoms with Gasteiger partial charge < -0.3 is 24.4 Å². The number of aromatic nitrogens is 1. The molecule has 198 valence electrons. The minimum Gasteiger partial charge on any atom is -0.488 e. The number of aliphatic carboxylic acids is 1. The van der Waals surface area contributed by atoms with Crippen molar-refractivity contribution in [2.45, 2.75) is 26.9 Å². The van der Waals surface area contributed by atoms with Gasteiger partial charge in [0.05, 0.1) is 24.8 Å². The molecule has 0 radical (unpaired) electrons. The molecular weight excluding hydrogens is 502 g/mol. The molecule has 1 saturated carbocycles. The van der Waals surface area contributed by atoms with Crippen LogP contribution in [-0.4, -0.2) is 66.3 Å². The number of nitrogens with zero attached hydrogens (tertiary/aromatic N) is 3. The number of anilines is 1. The zero-order valence-corrected chi connectivity index (χ0v) is 22.4. The van der Waals surface area contributed by atoms with Gasteiger partial charge in [-0.15, -0.1) is 11.3 Å². The summed E-state index contributed by atoms with van der Waals surface area (Å²) in [6, 6.07) is 11.9. The number of thiazole rings is 1. The van der Waals surface area contributed by atoms with Gasteiger partial charge in [0, 0.05) is 48.1 Å². The molecule has 3 fully saturated rings. The Kier molecular flexibility index (Phi) is 6.36. The lowest BCUT2D eigenvalue weighted by atomic mass is 9.94. The Labute approximate surface area is 225 Å². The first kappa shape index (κ1) is 24.9. The van der Waals surface area contributed by atoms with E-state index in [1.54, 1.807) is 11.3 Å². The summed E-state index contributed by atoms with van der Waals surface area (Å²) in [5.74, 6) is -0.0876. The number of aryl methyl sites for hydroxylation is 2. The zero-order valence-electron chi connectivity index (χ0n) is 21.6. The molecule has 3 aromatic rings. The molecule has 38 heavy (non-hydrogen) atoms. The molecule has 1 amide bonds. The molecule has 2 aromatic carbocycles. The van der Waals surface area contributed by atoms with Crippen molar-refractivity contribution in [3.63, 3.8) is 0 Å². The molecule has 9 heteroatoms. The number of carbonyl (C=O) groups is 2. The number of morpholine rings is 1. The number of amides is 1. The van der Waals surface area contributed by atoms with Crippen molar-refractivity contribution in [2.24, 2.45) is 11.3 Å². The van der Waals surface area contributed by atoms with Crippen LogP contribution in [0, 0.1) is 25.2 Å². The highest BCUT2D eigenvalue weighted by atomic mass is 32.1. The Morgan fingerprint density at radius 2 is 1.95 bits per heavy atom. The fourth-order valence-corrected chi connectivity index (χ4v) is 6.32. The van der Waals surface area contributed by atoms with Crippen LogP contribution in [0.5, 0.6) is 5.75 Å². The largest absolute Gasteiger partial charge is 0.488 e. The van der Waals surface area contributed by atoms with E-state index in [0.29, 0.717) is 38.5 Å². The average Bonchev–Trinajstić information content (AvgIpc) is 3.49. The Morgan fingerprint density at radius 1 is 1.16 bits per heavy atom. The first-order valence-electron chi connectivity index (χ1n) is 13.0. The highest BCUT2D eigenvalue weighted by Crippen LogP contribution is 2.59. The van der Waals surface area contributed by atoms with Crippen LogP contribution in [0.4, 0.5) is 5.13 Å². The number of hydrogen-bond acceptors (Lipinski definition) is 7. The summed E-state index contributed by atoms with van der Waals surface area (Å²) in [4.78, 5) is 33.0. The van der Waals surface area contributed by atoms with Gasteiger partial charge in [0.25, 0.3) is 5.91 Å². The Morgan fingerprint density at radius 3 is 2.66 bits per heavy atom. The molecule has 1 unspecified atom stereocenters. The summed E-state index contributed by atoms with van der Waals surface area (Å²) in [6.07, 6.45) is 0.773. The fraction of sp³-hybridized carbons (Fsp3) is 0.414. The van der Waals surface area contributed by atoms with Crippen LogP contribution < -0.4 is 9.64 Å². The van der Waals surface area contributed by atoms with E-state index in [1.807, 2.05) is 54.5 Å². The van der Waals surface area contributed by atoms with Crippen molar-refractivity contribution in [3.8, 4) is 17.0 Å². The maximum Gasteiger partial charge on any atom is 0.307 e. The lowest BCUT2D eigenvalue weighted by molar-refractivity contribution is -0.139. The van der Waals surface area contributed by atoms with E-state index in [1.165, 1.54) is 0 Å². The van der Waals surface area contributed by atoms with Crippen molar-refractivity contribution in [2.75, 3.05) is 44.3 Å². The van der Waals surface area contributed by atoms with E-state index in [0.717, 1.165) is 58.3 Å². The quantitative estimate of drug-likeness (QED) is 0.482. The highest BCUT2D eigenvalue weighted by molar-refractivity contribution is 7.14. The van der Waals surface area contributed by atoms with Gasteiger partial charge in [-0.3, -0.25) is 9.59 Å². The number of benzene rings is 2. The predicted molar refractivity (Wildman–Crippen MR) is 145 cm³/mol. The third kappa shape index (κ3) is 4.65. The van der Waals surface area contributed by atoms with Crippen LogP contribution >= 0.6 is 11.3 Å². The summed E-state index contributed by atoms with van der Waals surface area (Å²) >= 11 is 1.58. The Bertz CT molecular complexity index is 1390. The molecule has 2 aliphatic heterocycles. The molecule has 3 aliphatic rings. The minimum absolute atomic E-state index is 0.0392. The minimum atomic E-state index is -0.681. The SMILES string of the molecule is Cc1ccc(OCc2ccc(C(=O)N3CCOCC3)cc2C)c(-c2csc(N3CC4(CC4C(=O)O)C3)n2)c1. The first-order valence-corrected chi connectivity index (χ1v) is 13.8. The summed E-state index contributed by atoms with van der Waals surface area (Å²) in [7, 11) is 0. The van der Waals surface area contributed by atoms with Crippen molar-refractivity contribution in [1.29, 1.82) is 0 Å². The molecule has 1 aliphatic carbocycles. The van der Waals surface area contributed by atoms with E-state index in [2.05, 4.69) is 11.0 Å². The fourth-order valence-electron chi connectivity index (χ4n) is 5.49.